The second kappa shape index (κ2) is 4.79. The monoisotopic (exact) mass is 273 g/mol. The number of carbonyl (C=O) groups excluding carboxylic acids is 1. The number of H-pyrrole nitrogens is 1. The number of amides is 1. The molecule has 2 rings (SSSR count). The van der Waals surface area contributed by atoms with Crippen molar-refractivity contribution in [2.24, 2.45) is 0 Å². The van der Waals surface area contributed by atoms with E-state index in [0.717, 1.165) is 11.6 Å². The summed E-state index contributed by atoms with van der Waals surface area (Å²) in [5.41, 5.74) is 1.18. The zero-order chi connectivity index (χ0) is 14.0. The van der Waals surface area contributed by atoms with Gasteiger partial charge in [0.05, 0.1) is 12.1 Å². The number of aryl methyl sites for hydroxylation is 1. The Labute approximate surface area is 105 Å². The average molecular weight is 273 g/mol. The maximum absolute atomic E-state index is 12.3. The van der Waals surface area contributed by atoms with Gasteiger partial charge in [0.1, 0.15) is 5.69 Å². The first kappa shape index (κ1) is 13.2. The molecular formula is C11H10F3N3O2. The number of hydrogen-bond acceptors (Lipinski definition) is 3. The lowest BCUT2D eigenvalue weighted by Crippen LogP contribution is -2.23. The molecule has 0 radical (unpaired) electrons. The molecule has 1 amide bonds. The minimum Gasteiger partial charge on any atom is -0.367 e. The van der Waals surface area contributed by atoms with E-state index in [1.807, 2.05) is 0 Å². The highest BCUT2D eigenvalue weighted by Gasteiger charge is 2.36. The van der Waals surface area contributed by atoms with Crippen LogP contribution in [0, 0.1) is 6.92 Å². The number of carbonyl (C=O) groups is 1. The highest BCUT2D eigenvalue weighted by atomic mass is 19.4. The standard InChI is InChI=1S/C11H10F3N3O2/c1-6-3-15-5-8(6)10(18)16-4-7-2-9(19-17-7)11(12,13)14/h2-3,5,15H,4H2,1H3,(H,16,18). The van der Waals surface area contributed by atoms with E-state index in [2.05, 4.69) is 20.0 Å². The number of hydrogen-bond donors (Lipinski definition) is 2. The maximum atomic E-state index is 12.3. The third-order valence-electron chi connectivity index (χ3n) is 2.47. The molecular weight excluding hydrogens is 263 g/mol. The summed E-state index contributed by atoms with van der Waals surface area (Å²) in [5.74, 6) is -1.58. The van der Waals surface area contributed by atoms with Crippen LogP contribution in [0.15, 0.2) is 23.0 Å². The molecule has 0 aromatic carbocycles. The van der Waals surface area contributed by atoms with E-state index in [-0.39, 0.29) is 12.2 Å². The van der Waals surface area contributed by atoms with Crippen molar-refractivity contribution in [3.05, 3.63) is 41.0 Å². The van der Waals surface area contributed by atoms with Gasteiger partial charge in [0, 0.05) is 18.5 Å². The highest BCUT2D eigenvalue weighted by Crippen LogP contribution is 2.29. The van der Waals surface area contributed by atoms with Crippen LogP contribution in [-0.4, -0.2) is 16.0 Å². The van der Waals surface area contributed by atoms with Crippen LogP contribution < -0.4 is 5.32 Å². The predicted molar refractivity (Wildman–Crippen MR) is 58.2 cm³/mol. The Morgan fingerprint density at radius 1 is 1.47 bits per heavy atom. The van der Waals surface area contributed by atoms with Crippen LogP contribution in [0.1, 0.15) is 27.4 Å². The number of halogens is 3. The van der Waals surface area contributed by atoms with Crippen molar-refractivity contribution < 1.29 is 22.5 Å². The van der Waals surface area contributed by atoms with Crippen LogP contribution in [0.25, 0.3) is 0 Å². The lowest BCUT2D eigenvalue weighted by molar-refractivity contribution is -0.155. The van der Waals surface area contributed by atoms with Gasteiger partial charge in [-0.15, -0.1) is 0 Å². The Bertz CT molecular complexity index is 586. The molecule has 102 valence electrons. The summed E-state index contributed by atoms with van der Waals surface area (Å²) in [6.45, 7) is 1.60. The molecule has 2 heterocycles. The fraction of sp³-hybridized carbons (Fsp3) is 0.273. The van der Waals surface area contributed by atoms with Crippen molar-refractivity contribution in [1.82, 2.24) is 15.5 Å². The van der Waals surface area contributed by atoms with E-state index < -0.39 is 17.8 Å². The van der Waals surface area contributed by atoms with Gasteiger partial charge >= 0.3 is 6.18 Å². The van der Waals surface area contributed by atoms with Crippen LogP contribution in [0.3, 0.4) is 0 Å². The van der Waals surface area contributed by atoms with Gasteiger partial charge in [0.25, 0.3) is 5.91 Å². The number of aromatic nitrogens is 2. The molecule has 19 heavy (non-hydrogen) atoms. The lowest BCUT2D eigenvalue weighted by Gasteiger charge is -2.01. The van der Waals surface area contributed by atoms with Crippen molar-refractivity contribution in [3.63, 3.8) is 0 Å². The van der Waals surface area contributed by atoms with Crippen LogP contribution in [0.2, 0.25) is 0 Å². The van der Waals surface area contributed by atoms with Gasteiger partial charge in [-0.1, -0.05) is 5.16 Å². The van der Waals surface area contributed by atoms with Crippen LogP contribution in [-0.2, 0) is 12.7 Å². The third kappa shape index (κ3) is 2.95. The molecule has 0 atom stereocenters. The molecule has 0 unspecified atom stereocenters. The van der Waals surface area contributed by atoms with Gasteiger partial charge in [0.2, 0.25) is 5.76 Å². The first-order valence-corrected chi connectivity index (χ1v) is 5.32. The topological polar surface area (TPSA) is 70.9 Å². The first-order valence-electron chi connectivity index (χ1n) is 5.32. The van der Waals surface area contributed by atoms with Crippen molar-refractivity contribution in [3.8, 4) is 0 Å². The summed E-state index contributed by atoms with van der Waals surface area (Å²) < 4.78 is 40.9. The largest absolute Gasteiger partial charge is 0.452 e. The van der Waals surface area contributed by atoms with E-state index in [1.54, 1.807) is 13.1 Å². The Kier molecular flexibility index (Phi) is 3.32. The van der Waals surface area contributed by atoms with Crippen molar-refractivity contribution in [2.45, 2.75) is 19.6 Å². The highest BCUT2D eigenvalue weighted by molar-refractivity contribution is 5.95. The van der Waals surface area contributed by atoms with Crippen LogP contribution in [0.4, 0.5) is 13.2 Å². The number of alkyl halides is 3. The van der Waals surface area contributed by atoms with Crippen LogP contribution >= 0.6 is 0 Å². The number of aromatic amines is 1. The average Bonchev–Trinajstić information content (AvgIpc) is 2.93. The number of nitrogens with one attached hydrogen (secondary N) is 2. The van der Waals surface area contributed by atoms with E-state index in [1.165, 1.54) is 6.20 Å². The zero-order valence-corrected chi connectivity index (χ0v) is 9.84. The first-order chi connectivity index (χ1) is 8.88. The van der Waals surface area contributed by atoms with Gasteiger partial charge in [0.15, 0.2) is 0 Å². The third-order valence-corrected chi connectivity index (χ3v) is 2.47. The molecule has 0 spiro atoms. The fourth-order valence-corrected chi connectivity index (χ4v) is 1.48. The molecule has 0 saturated heterocycles. The number of rotatable bonds is 3. The second-order valence-electron chi connectivity index (χ2n) is 3.91. The van der Waals surface area contributed by atoms with Gasteiger partial charge in [-0.05, 0) is 12.5 Å². The van der Waals surface area contributed by atoms with E-state index in [0.29, 0.717) is 5.56 Å². The van der Waals surface area contributed by atoms with Gasteiger partial charge in [-0.2, -0.15) is 13.2 Å². The predicted octanol–water partition coefficient (Wildman–Crippen LogP) is 2.26. The molecule has 0 aliphatic heterocycles. The fourth-order valence-electron chi connectivity index (χ4n) is 1.48. The van der Waals surface area contributed by atoms with Crippen molar-refractivity contribution in [2.75, 3.05) is 0 Å². The maximum Gasteiger partial charge on any atom is 0.452 e. The van der Waals surface area contributed by atoms with Gasteiger partial charge < -0.3 is 14.8 Å². The quantitative estimate of drug-likeness (QED) is 0.901. The molecule has 2 N–H and O–H groups in total. The molecule has 8 heteroatoms. The van der Waals surface area contributed by atoms with Gasteiger partial charge in [-0.3, -0.25) is 4.79 Å². The summed E-state index contributed by atoms with van der Waals surface area (Å²) in [4.78, 5) is 14.4. The Morgan fingerprint density at radius 2 is 2.21 bits per heavy atom. The van der Waals surface area contributed by atoms with E-state index in [4.69, 9.17) is 0 Å². The normalized spacial score (nSPS) is 11.6. The summed E-state index contributed by atoms with van der Waals surface area (Å²) >= 11 is 0. The molecule has 0 saturated carbocycles. The SMILES string of the molecule is Cc1c[nH]cc1C(=O)NCc1cc(C(F)(F)F)on1. The zero-order valence-electron chi connectivity index (χ0n) is 9.84. The minimum atomic E-state index is -4.58. The minimum absolute atomic E-state index is 0.00821. The second-order valence-corrected chi connectivity index (χ2v) is 3.91. The van der Waals surface area contributed by atoms with Crippen molar-refractivity contribution >= 4 is 5.91 Å². The Balaban J connectivity index is 1.98. The summed E-state index contributed by atoms with van der Waals surface area (Å²) in [6.07, 6.45) is -1.42. The van der Waals surface area contributed by atoms with Gasteiger partial charge in [-0.25, -0.2) is 0 Å². The Morgan fingerprint density at radius 3 is 2.74 bits per heavy atom. The smallest absolute Gasteiger partial charge is 0.367 e. The molecule has 0 fully saturated rings. The molecule has 0 aliphatic carbocycles. The van der Waals surface area contributed by atoms with E-state index in [9.17, 15) is 18.0 Å². The molecule has 5 nitrogen and oxygen atoms in total. The summed E-state index contributed by atoms with van der Waals surface area (Å²) in [7, 11) is 0. The lowest BCUT2D eigenvalue weighted by atomic mass is 10.2. The summed E-state index contributed by atoms with van der Waals surface area (Å²) in [5, 5.41) is 5.70. The number of nitrogens with zero attached hydrogens (tertiary/aromatic N) is 1. The molecule has 2 aromatic heterocycles. The Hall–Kier alpha value is -2.25. The molecule has 0 aliphatic rings. The van der Waals surface area contributed by atoms with Crippen LogP contribution in [0.5, 0.6) is 0 Å². The van der Waals surface area contributed by atoms with Crippen molar-refractivity contribution in [1.29, 1.82) is 0 Å². The molecule has 0 bridgehead atoms. The summed E-state index contributed by atoms with van der Waals surface area (Å²) in [6, 6.07) is 0.754. The van der Waals surface area contributed by atoms with E-state index >= 15 is 0 Å². The molecule has 2 aromatic rings.